The van der Waals surface area contributed by atoms with Crippen molar-refractivity contribution in [1.29, 1.82) is 0 Å². The molecular weight excluding hydrogens is 274 g/mol. The summed E-state index contributed by atoms with van der Waals surface area (Å²) in [4.78, 5) is 10.3. The number of halogens is 1. The lowest BCUT2D eigenvalue weighted by Gasteiger charge is -2.08. The molecule has 0 aliphatic carbocycles. The highest BCUT2D eigenvalue weighted by Crippen LogP contribution is 2.25. The van der Waals surface area contributed by atoms with Gasteiger partial charge >= 0.3 is 5.97 Å². The van der Waals surface area contributed by atoms with Crippen molar-refractivity contribution in [3.63, 3.8) is 0 Å². The van der Waals surface area contributed by atoms with E-state index in [1.165, 1.54) is 0 Å². The molecule has 0 amide bonds. The fraction of sp³-hybridized carbons (Fsp3) is 0.364. The Kier molecular flexibility index (Phi) is 5.28. The normalized spacial score (nSPS) is 10.1. The zero-order valence-electron chi connectivity index (χ0n) is 9.00. The van der Waals surface area contributed by atoms with Gasteiger partial charge in [-0.25, -0.2) is 0 Å². The first-order chi connectivity index (χ1) is 7.63. The van der Waals surface area contributed by atoms with Crippen molar-refractivity contribution in [1.82, 2.24) is 5.32 Å². The van der Waals surface area contributed by atoms with E-state index < -0.39 is 5.97 Å². The van der Waals surface area contributed by atoms with E-state index in [0.717, 1.165) is 15.8 Å². The standard InChI is InChI=1S/C11H14BrNO3/c1-2-16-10-4-3-8(5-9(10)12)6-13-7-11(14)15/h3-5,13H,2,6-7H2,1H3,(H,14,15). The number of rotatable bonds is 6. The molecule has 0 saturated carbocycles. The largest absolute Gasteiger partial charge is 0.493 e. The lowest BCUT2D eigenvalue weighted by molar-refractivity contribution is -0.135. The summed E-state index contributed by atoms with van der Waals surface area (Å²) >= 11 is 3.40. The highest BCUT2D eigenvalue weighted by atomic mass is 79.9. The van der Waals surface area contributed by atoms with E-state index in [1.54, 1.807) is 0 Å². The topological polar surface area (TPSA) is 58.6 Å². The zero-order valence-corrected chi connectivity index (χ0v) is 10.6. The van der Waals surface area contributed by atoms with Crippen molar-refractivity contribution in [3.8, 4) is 5.75 Å². The predicted molar refractivity (Wildman–Crippen MR) is 64.7 cm³/mol. The molecule has 0 bridgehead atoms. The molecule has 88 valence electrons. The molecule has 0 aliphatic heterocycles. The van der Waals surface area contributed by atoms with Crippen LogP contribution >= 0.6 is 15.9 Å². The summed E-state index contributed by atoms with van der Waals surface area (Å²) in [6.45, 7) is 3.03. The lowest BCUT2D eigenvalue weighted by atomic mass is 10.2. The van der Waals surface area contributed by atoms with Crippen LogP contribution in [-0.4, -0.2) is 24.2 Å². The maximum Gasteiger partial charge on any atom is 0.317 e. The van der Waals surface area contributed by atoms with Gasteiger partial charge in [0.25, 0.3) is 0 Å². The summed E-state index contributed by atoms with van der Waals surface area (Å²) in [5, 5.41) is 11.3. The first kappa shape index (κ1) is 13.0. The summed E-state index contributed by atoms with van der Waals surface area (Å²) in [5.74, 6) is -0.0607. The van der Waals surface area contributed by atoms with Gasteiger partial charge in [-0.15, -0.1) is 0 Å². The summed E-state index contributed by atoms with van der Waals surface area (Å²) in [7, 11) is 0. The molecule has 0 aliphatic rings. The molecule has 5 heteroatoms. The average Bonchev–Trinajstić information content (AvgIpc) is 2.21. The minimum Gasteiger partial charge on any atom is -0.493 e. The SMILES string of the molecule is CCOc1ccc(CNCC(=O)O)cc1Br. The van der Waals surface area contributed by atoms with Crippen molar-refractivity contribution in [2.45, 2.75) is 13.5 Å². The molecule has 0 atom stereocenters. The van der Waals surface area contributed by atoms with Crippen LogP contribution in [0.1, 0.15) is 12.5 Å². The van der Waals surface area contributed by atoms with Gasteiger partial charge in [0.2, 0.25) is 0 Å². The van der Waals surface area contributed by atoms with Crippen molar-refractivity contribution >= 4 is 21.9 Å². The number of ether oxygens (including phenoxy) is 1. The number of carbonyl (C=O) groups is 1. The fourth-order valence-electron chi connectivity index (χ4n) is 1.24. The second-order valence-electron chi connectivity index (χ2n) is 3.20. The Hall–Kier alpha value is -1.07. The second-order valence-corrected chi connectivity index (χ2v) is 4.05. The van der Waals surface area contributed by atoms with Gasteiger partial charge in [0.15, 0.2) is 0 Å². The number of aliphatic carboxylic acids is 1. The first-order valence-corrected chi connectivity index (χ1v) is 5.76. The summed E-state index contributed by atoms with van der Waals surface area (Å²) in [6, 6.07) is 5.69. The minimum atomic E-state index is -0.856. The highest BCUT2D eigenvalue weighted by molar-refractivity contribution is 9.10. The number of carboxylic acid groups (broad SMARTS) is 1. The van der Waals surface area contributed by atoms with Gasteiger partial charge in [-0.05, 0) is 40.5 Å². The van der Waals surface area contributed by atoms with E-state index in [4.69, 9.17) is 9.84 Å². The molecule has 2 N–H and O–H groups in total. The third-order valence-electron chi connectivity index (χ3n) is 1.90. The highest BCUT2D eigenvalue weighted by Gasteiger charge is 2.02. The first-order valence-electron chi connectivity index (χ1n) is 4.97. The fourth-order valence-corrected chi connectivity index (χ4v) is 1.78. The van der Waals surface area contributed by atoms with Gasteiger partial charge in [0.1, 0.15) is 5.75 Å². The molecule has 1 rings (SSSR count). The maximum absolute atomic E-state index is 10.3. The van der Waals surface area contributed by atoms with E-state index in [1.807, 2.05) is 25.1 Å². The Bertz CT molecular complexity index is 368. The van der Waals surface area contributed by atoms with Gasteiger partial charge in [0, 0.05) is 6.54 Å². The molecule has 0 fully saturated rings. The molecule has 0 unspecified atom stereocenters. The molecule has 0 spiro atoms. The van der Waals surface area contributed by atoms with E-state index in [-0.39, 0.29) is 6.54 Å². The Morgan fingerprint density at radius 3 is 2.88 bits per heavy atom. The molecule has 0 heterocycles. The van der Waals surface area contributed by atoms with E-state index in [9.17, 15) is 4.79 Å². The van der Waals surface area contributed by atoms with Crippen LogP contribution in [0.4, 0.5) is 0 Å². The molecule has 1 aromatic rings. The van der Waals surface area contributed by atoms with Crippen LogP contribution in [-0.2, 0) is 11.3 Å². The van der Waals surface area contributed by atoms with Crippen LogP contribution in [0.25, 0.3) is 0 Å². The lowest BCUT2D eigenvalue weighted by Crippen LogP contribution is -2.21. The summed E-state index contributed by atoms with van der Waals surface area (Å²) < 4.78 is 6.25. The minimum absolute atomic E-state index is 0.0369. The van der Waals surface area contributed by atoms with Crippen LogP contribution in [0.3, 0.4) is 0 Å². The van der Waals surface area contributed by atoms with Gasteiger partial charge in [-0.3, -0.25) is 4.79 Å². The third-order valence-corrected chi connectivity index (χ3v) is 2.52. The maximum atomic E-state index is 10.3. The van der Waals surface area contributed by atoms with Gasteiger partial charge in [-0.2, -0.15) is 0 Å². The van der Waals surface area contributed by atoms with Crippen LogP contribution < -0.4 is 10.1 Å². The van der Waals surface area contributed by atoms with Crippen molar-refractivity contribution in [2.24, 2.45) is 0 Å². The Labute approximate surface area is 103 Å². The van der Waals surface area contributed by atoms with Crippen LogP contribution in [0.2, 0.25) is 0 Å². The van der Waals surface area contributed by atoms with Gasteiger partial charge < -0.3 is 15.2 Å². The molecule has 0 aromatic heterocycles. The quantitative estimate of drug-likeness (QED) is 0.841. The van der Waals surface area contributed by atoms with Crippen LogP contribution in [0.15, 0.2) is 22.7 Å². The van der Waals surface area contributed by atoms with E-state index in [2.05, 4.69) is 21.2 Å². The van der Waals surface area contributed by atoms with Gasteiger partial charge in [-0.1, -0.05) is 6.07 Å². The monoisotopic (exact) mass is 287 g/mol. The summed E-state index contributed by atoms with van der Waals surface area (Å²) in [5.41, 5.74) is 1.01. The zero-order chi connectivity index (χ0) is 12.0. The van der Waals surface area contributed by atoms with Crippen molar-refractivity contribution in [3.05, 3.63) is 28.2 Å². The van der Waals surface area contributed by atoms with Crippen molar-refractivity contribution in [2.75, 3.05) is 13.2 Å². The second kappa shape index (κ2) is 6.50. The predicted octanol–water partition coefficient (Wildman–Crippen LogP) is 2.02. The van der Waals surface area contributed by atoms with Crippen molar-refractivity contribution < 1.29 is 14.6 Å². The van der Waals surface area contributed by atoms with E-state index >= 15 is 0 Å². The molecule has 16 heavy (non-hydrogen) atoms. The molecule has 0 saturated heterocycles. The van der Waals surface area contributed by atoms with Crippen LogP contribution in [0.5, 0.6) is 5.75 Å². The molecular formula is C11H14BrNO3. The molecule has 0 radical (unpaired) electrons. The number of carboxylic acids is 1. The van der Waals surface area contributed by atoms with Gasteiger partial charge in [0.05, 0.1) is 17.6 Å². The number of hydrogen-bond donors (Lipinski definition) is 2. The number of hydrogen-bond acceptors (Lipinski definition) is 3. The number of benzene rings is 1. The summed E-state index contributed by atoms with van der Waals surface area (Å²) in [6.07, 6.45) is 0. The Morgan fingerprint density at radius 2 is 2.31 bits per heavy atom. The van der Waals surface area contributed by atoms with Crippen LogP contribution in [0, 0.1) is 0 Å². The number of nitrogens with one attached hydrogen (secondary N) is 1. The third kappa shape index (κ3) is 4.20. The Balaban J connectivity index is 2.55. The molecule has 4 nitrogen and oxygen atoms in total. The molecule has 1 aromatic carbocycles. The Morgan fingerprint density at radius 1 is 1.56 bits per heavy atom. The smallest absolute Gasteiger partial charge is 0.317 e. The van der Waals surface area contributed by atoms with E-state index in [0.29, 0.717) is 13.2 Å². The average molecular weight is 288 g/mol.